The van der Waals surface area contributed by atoms with Crippen LogP contribution in [0.2, 0.25) is 0 Å². The maximum Gasteiger partial charge on any atom is 0.252 e. The van der Waals surface area contributed by atoms with Gasteiger partial charge in [0.1, 0.15) is 23.5 Å². The molecule has 0 radical (unpaired) electrons. The van der Waals surface area contributed by atoms with Crippen molar-refractivity contribution in [2.24, 2.45) is 5.73 Å². The van der Waals surface area contributed by atoms with E-state index in [0.29, 0.717) is 11.3 Å². The van der Waals surface area contributed by atoms with Crippen LogP contribution < -0.4 is 5.73 Å². The van der Waals surface area contributed by atoms with Gasteiger partial charge in [0.25, 0.3) is 5.91 Å². The SMILES string of the molecule is CC1(C)OC(=C(C#N)C#N)C(C(N)=O)=C1C=Cc1ccco1. The van der Waals surface area contributed by atoms with Gasteiger partial charge in [-0.2, -0.15) is 10.5 Å². The molecule has 1 aromatic heterocycles. The average molecular weight is 295 g/mol. The smallest absolute Gasteiger partial charge is 0.252 e. The van der Waals surface area contributed by atoms with Gasteiger partial charge in [-0.05, 0) is 32.1 Å². The Morgan fingerprint density at radius 2 is 2.00 bits per heavy atom. The maximum atomic E-state index is 11.8. The molecule has 6 heteroatoms. The molecule has 0 bridgehead atoms. The molecule has 2 rings (SSSR count). The Balaban J connectivity index is 2.63. The summed E-state index contributed by atoms with van der Waals surface area (Å²) < 4.78 is 10.8. The highest BCUT2D eigenvalue weighted by Crippen LogP contribution is 2.40. The van der Waals surface area contributed by atoms with Crippen LogP contribution in [-0.4, -0.2) is 11.5 Å². The van der Waals surface area contributed by atoms with Crippen LogP contribution in [0.1, 0.15) is 19.6 Å². The molecule has 110 valence electrons. The molecular weight excluding hydrogens is 282 g/mol. The number of nitrogens with two attached hydrogens (primary N) is 1. The van der Waals surface area contributed by atoms with E-state index < -0.39 is 11.5 Å². The predicted octanol–water partition coefficient (Wildman–Crippen LogP) is 2.18. The lowest BCUT2D eigenvalue weighted by molar-refractivity contribution is -0.114. The first-order valence-electron chi connectivity index (χ1n) is 6.40. The summed E-state index contributed by atoms with van der Waals surface area (Å²) in [7, 11) is 0. The highest BCUT2D eigenvalue weighted by molar-refractivity contribution is 5.99. The van der Waals surface area contributed by atoms with E-state index in [9.17, 15) is 4.79 Å². The number of carbonyl (C=O) groups excluding carboxylic acids is 1. The third-order valence-electron chi connectivity index (χ3n) is 3.16. The number of carbonyl (C=O) groups is 1. The van der Waals surface area contributed by atoms with Crippen LogP contribution in [0.25, 0.3) is 6.08 Å². The molecule has 1 amide bonds. The van der Waals surface area contributed by atoms with E-state index in [0.717, 1.165) is 0 Å². The van der Waals surface area contributed by atoms with Crippen LogP contribution in [0.15, 0.2) is 51.4 Å². The van der Waals surface area contributed by atoms with Gasteiger partial charge in [0, 0.05) is 5.57 Å². The van der Waals surface area contributed by atoms with Gasteiger partial charge < -0.3 is 14.9 Å². The molecule has 0 atom stereocenters. The number of allylic oxidation sites excluding steroid dienone is 1. The molecular formula is C16H13N3O3. The van der Waals surface area contributed by atoms with E-state index in [4.69, 9.17) is 25.4 Å². The molecule has 0 saturated heterocycles. The molecule has 1 aliphatic heterocycles. The minimum Gasteiger partial charge on any atom is -0.480 e. The summed E-state index contributed by atoms with van der Waals surface area (Å²) in [5.74, 6) is -0.255. The van der Waals surface area contributed by atoms with Crippen molar-refractivity contribution in [3.8, 4) is 12.1 Å². The molecule has 0 saturated carbocycles. The molecule has 2 N–H and O–H groups in total. The molecule has 0 aliphatic carbocycles. The molecule has 0 unspecified atom stereocenters. The summed E-state index contributed by atoms with van der Waals surface area (Å²) >= 11 is 0. The van der Waals surface area contributed by atoms with Crippen LogP contribution in [-0.2, 0) is 9.53 Å². The topological polar surface area (TPSA) is 113 Å². The van der Waals surface area contributed by atoms with Crippen molar-refractivity contribution in [1.82, 2.24) is 0 Å². The third-order valence-corrected chi connectivity index (χ3v) is 3.16. The fourth-order valence-electron chi connectivity index (χ4n) is 2.17. The Bertz CT molecular complexity index is 766. The van der Waals surface area contributed by atoms with Crippen molar-refractivity contribution >= 4 is 12.0 Å². The molecule has 6 nitrogen and oxygen atoms in total. The first-order chi connectivity index (χ1) is 10.4. The van der Waals surface area contributed by atoms with Gasteiger partial charge in [0.05, 0.1) is 11.8 Å². The number of nitrogens with zero attached hydrogens (tertiary/aromatic N) is 2. The zero-order chi connectivity index (χ0) is 16.3. The van der Waals surface area contributed by atoms with Gasteiger partial charge in [0.15, 0.2) is 11.3 Å². The minimum atomic E-state index is -0.901. The Labute approximate surface area is 127 Å². The summed E-state index contributed by atoms with van der Waals surface area (Å²) in [6.45, 7) is 3.44. The molecule has 1 aromatic rings. The predicted molar refractivity (Wildman–Crippen MR) is 77.4 cm³/mol. The van der Waals surface area contributed by atoms with E-state index in [1.54, 1.807) is 50.3 Å². The summed E-state index contributed by atoms with van der Waals surface area (Å²) in [6.07, 6.45) is 4.82. The highest BCUT2D eigenvalue weighted by atomic mass is 16.5. The van der Waals surface area contributed by atoms with Crippen LogP contribution in [0.3, 0.4) is 0 Å². The highest BCUT2D eigenvalue weighted by Gasteiger charge is 2.40. The maximum absolute atomic E-state index is 11.8. The lowest BCUT2D eigenvalue weighted by atomic mass is 9.93. The van der Waals surface area contributed by atoms with Crippen molar-refractivity contribution in [2.45, 2.75) is 19.4 Å². The van der Waals surface area contributed by atoms with Gasteiger partial charge in [-0.3, -0.25) is 4.79 Å². The first-order valence-corrected chi connectivity index (χ1v) is 6.40. The van der Waals surface area contributed by atoms with Crippen molar-refractivity contribution in [1.29, 1.82) is 10.5 Å². The molecule has 0 fully saturated rings. The zero-order valence-corrected chi connectivity index (χ0v) is 12.1. The number of ether oxygens (including phenoxy) is 1. The van der Waals surface area contributed by atoms with Crippen LogP contribution in [0, 0.1) is 22.7 Å². The van der Waals surface area contributed by atoms with Crippen molar-refractivity contribution in [3.05, 3.63) is 52.7 Å². The van der Waals surface area contributed by atoms with Crippen LogP contribution in [0.5, 0.6) is 0 Å². The molecule has 0 spiro atoms. The number of hydrogen-bond acceptors (Lipinski definition) is 5. The number of amides is 1. The third kappa shape index (κ3) is 2.63. The summed E-state index contributed by atoms with van der Waals surface area (Å²) in [6, 6.07) is 6.91. The first kappa shape index (κ1) is 15.1. The molecule has 0 aromatic carbocycles. The Morgan fingerprint density at radius 3 is 2.50 bits per heavy atom. The Hall–Kier alpha value is -3.25. The summed E-state index contributed by atoms with van der Waals surface area (Å²) in [5.41, 5.74) is 4.73. The van der Waals surface area contributed by atoms with Crippen molar-refractivity contribution in [2.75, 3.05) is 0 Å². The van der Waals surface area contributed by atoms with E-state index >= 15 is 0 Å². The number of furan rings is 1. The second-order valence-corrected chi connectivity index (χ2v) is 5.04. The number of nitriles is 2. The lowest BCUT2D eigenvalue weighted by Gasteiger charge is -2.20. The van der Waals surface area contributed by atoms with Gasteiger partial charge in [0.2, 0.25) is 0 Å². The summed E-state index contributed by atoms with van der Waals surface area (Å²) in [4.78, 5) is 11.8. The van der Waals surface area contributed by atoms with E-state index in [-0.39, 0.29) is 16.9 Å². The number of hydrogen-bond donors (Lipinski definition) is 1. The van der Waals surface area contributed by atoms with Crippen LogP contribution in [0.4, 0.5) is 0 Å². The zero-order valence-electron chi connectivity index (χ0n) is 12.1. The standard InChI is InChI=1S/C16H13N3O3/c1-16(2)12(6-5-11-4-3-7-21-11)13(15(19)20)14(22-16)10(8-17)9-18/h3-7H,1-2H3,(H2,19,20). The van der Waals surface area contributed by atoms with Crippen LogP contribution >= 0.6 is 0 Å². The van der Waals surface area contributed by atoms with Gasteiger partial charge in [-0.25, -0.2) is 0 Å². The number of rotatable bonds is 3. The quantitative estimate of drug-likeness (QED) is 0.858. The van der Waals surface area contributed by atoms with E-state index in [1.165, 1.54) is 6.26 Å². The van der Waals surface area contributed by atoms with Gasteiger partial charge in [-0.1, -0.05) is 6.08 Å². The fourth-order valence-corrected chi connectivity index (χ4v) is 2.17. The largest absolute Gasteiger partial charge is 0.480 e. The molecule has 1 aliphatic rings. The minimum absolute atomic E-state index is 0.0332. The number of primary amides is 1. The average Bonchev–Trinajstić information content (AvgIpc) is 3.04. The Kier molecular flexibility index (Phi) is 3.87. The second kappa shape index (κ2) is 5.63. The van der Waals surface area contributed by atoms with Gasteiger partial charge in [-0.15, -0.1) is 0 Å². The Morgan fingerprint density at radius 1 is 1.32 bits per heavy atom. The molecule has 22 heavy (non-hydrogen) atoms. The van der Waals surface area contributed by atoms with E-state index in [1.807, 2.05) is 0 Å². The summed E-state index contributed by atoms with van der Waals surface area (Å²) in [5, 5.41) is 18.0. The lowest BCUT2D eigenvalue weighted by Crippen LogP contribution is -2.21. The monoisotopic (exact) mass is 295 g/mol. The van der Waals surface area contributed by atoms with E-state index in [2.05, 4.69) is 0 Å². The fraction of sp³-hybridized carbons (Fsp3) is 0.188. The van der Waals surface area contributed by atoms with Crippen molar-refractivity contribution in [3.63, 3.8) is 0 Å². The van der Waals surface area contributed by atoms with Gasteiger partial charge >= 0.3 is 0 Å². The van der Waals surface area contributed by atoms with Crippen molar-refractivity contribution < 1.29 is 13.9 Å². The second-order valence-electron chi connectivity index (χ2n) is 5.04. The normalized spacial score (nSPS) is 16.3. The molecule has 2 heterocycles.